The first-order valence-electron chi connectivity index (χ1n) is 20.1. The van der Waals surface area contributed by atoms with Gasteiger partial charge in [0, 0.05) is 18.0 Å². The number of aromatic amines is 2. The highest BCUT2D eigenvalue weighted by molar-refractivity contribution is 7.19. The first-order chi connectivity index (χ1) is 27.5. The maximum Gasteiger partial charge on any atom is 0.407 e. The van der Waals surface area contributed by atoms with Crippen LogP contribution in [-0.2, 0) is 31.9 Å². The second-order valence-corrected chi connectivity index (χ2v) is 17.0. The lowest BCUT2D eigenvalue weighted by atomic mass is 9.90. The number of benzene rings is 1. The number of thiophene rings is 1. The van der Waals surface area contributed by atoms with Crippen molar-refractivity contribution < 1.29 is 28.7 Å². The van der Waals surface area contributed by atoms with Gasteiger partial charge in [-0.2, -0.15) is 0 Å². The minimum atomic E-state index is -0.687. The Labute approximate surface area is 337 Å². The van der Waals surface area contributed by atoms with Crippen molar-refractivity contribution in [1.82, 2.24) is 40.4 Å². The van der Waals surface area contributed by atoms with E-state index in [0.29, 0.717) is 13.1 Å². The Balaban J connectivity index is 1.09. The Bertz CT molecular complexity index is 2090. The molecule has 57 heavy (non-hydrogen) atoms. The van der Waals surface area contributed by atoms with Crippen LogP contribution in [0.2, 0.25) is 0 Å². The highest BCUT2D eigenvalue weighted by Crippen LogP contribution is 2.46. The summed E-state index contributed by atoms with van der Waals surface area (Å²) in [7, 11) is 2.60. The van der Waals surface area contributed by atoms with Crippen molar-refractivity contribution in [3.05, 3.63) is 59.4 Å². The van der Waals surface area contributed by atoms with Crippen LogP contribution in [0.4, 0.5) is 9.59 Å². The molecular weight excluding hydrogens is 745 g/mol. The minimum absolute atomic E-state index is 0.103. The van der Waals surface area contributed by atoms with Gasteiger partial charge in [-0.05, 0) is 85.5 Å². The second-order valence-electron chi connectivity index (χ2n) is 16.0. The summed E-state index contributed by atoms with van der Waals surface area (Å²) in [6.45, 7) is 8.85. The first-order valence-corrected chi connectivity index (χ1v) is 21.0. The number of amides is 4. The molecule has 304 valence electrons. The first kappa shape index (κ1) is 40.0. The molecule has 0 radical (unpaired) electrons. The number of methoxy groups -OCH3 is 2. The van der Waals surface area contributed by atoms with Crippen LogP contribution >= 0.6 is 11.3 Å². The number of hydrogen-bond acceptors (Lipinski definition) is 9. The van der Waals surface area contributed by atoms with E-state index in [-0.39, 0.29) is 35.7 Å². The lowest BCUT2D eigenvalue weighted by molar-refractivity contribution is -0.136. The van der Waals surface area contributed by atoms with Gasteiger partial charge < -0.3 is 39.9 Å². The zero-order valence-corrected chi connectivity index (χ0v) is 34.5. The summed E-state index contributed by atoms with van der Waals surface area (Å²) in [6.07, 6.45) is 10.1. The molecule has 0 bridgehead atoms. The molecule has 0 saturated carbocycles. The zero-order valence-electron chi connectivity index (χ0n) is 33.6. The highest BCUT2D eigenvalue weighted by Gasteiger charge is 2.39. The Morgan fingerprint density at radius 3 is 1.63 bits per heavy atom. The predicted octanol–water partition coefficient (Wildman–Crippen LogP) is 7.16. The molecule has 4 N–H and O–H groups in total. The van der Waals surface area contributed by atoms with E-state index in [2.05, 4.69) is 44.9 Å². The van der Waals surface area contributed by atoms with Gasteiger partial charge in [-0.1, -0.05) is 52.0 Å². The molecule has 0 unspecified atom stereocenters. The summed E-state index contributed by atoms with van der Waals surface area (Å²) in [6, 6.07) is 6.80. The number of carbonyl (C=O) groups excluding carboxylic acids is 4. The molecule has 3 aromatic heterocycles. The standard InChI is InChI=1S/C42H54N8O6S/c1-23(2)33(47-41(53)55-5)39(51)49-19-9-13-31(49)37-43-21-29(45-37)25-15-17-26(18-16-25)35-27-11-7-8-12-28(27)36(57-35)30-22-44-38(46-30)32-14-10-20-50(32)40(52)34(24(3)4)48-42(54)56-6/h15-18,21-24,31-34H,7-14,19-20H2,1-6H3,(H,43,45)(H,44,46)(H,47,53)(H,48,54)/t31-,32-,33-,34-/m0/s1. The van der Waals surface area contributed by atoms with E-state index in [4.69, 9.17) is 19.4 Å². The molecule has 5 heterocycles. The molecule has 14 nitrogen and oxygen atoms in total. The third-order valence-corrected chi connectivity index (χ3v) is 13.0. The predicted molar refractivity (Wildman–Crippen MR) is 217 cm³/mol. The number of nitrogens with one attached hydrogen (secondary N) is 4. The number of ether oxygens (including phenoxy) is 2. The van der Waals surface area contributed by atoms with Crippen molar-refractivity contribution >= 4 is 35.3 Å². The average molecular weight is 799 g/mol. The molecule has 0 spiro atoms. The molecule has 4 atom stereocenters. The number of imidazole rings is 2. The van der Waals surface area contributed by atoms with Gasteiger partial charge in [-0.25, -0.2) is 19.6 Å². The quantitative estimate of drug-likeness (QED) is 0.124. The summed E-state index contributed by atoms with van der Waals surface area (Å²) in [5, 5.41) is 5.44. The number of carbonyl (C=O) groups is 4. The van der Waals surface area contributed by atoms with Crippen molar-refractivity contribution in [2.75, 3.05) is 27.3 Å². The number of hydrogen-bond donors (Lipinski definition) is 4. The van der Waals surface area contributed by atoms with Gasteiger partial charge in [0.05, 0.1) is 55.0 Å². The highest BCUT2D eigenvalue weighted by atomic mass is 32.1. The van der Waals surface area contributed by atoms with Crippen molar-refractivity contribution in [2.24, 2.45) is 11.8 Å². The average Bonchev–Trinajstić information content (AvgIpc) is 4.07. The number of H-pyrrole nitrogens is 2. The van der Waals surface area contributed by atoms with Gasteiger partial charge in [0.25, 0.3) is 0 Å². The summed E-state index contributed by atoms with van der Waals surface area (Å²) >= 11 is 1.79. The van der Waals surface area contributed by atoms with Crippen LogP contribution < -0.4 is 10.6 Å². The van der Waals surface area contributed by atoms with Crippen LogP contribution in [0.15, 0.2) is 36.7 Å². The number of alkyl carbamates (subject to hydrolysis) is 2. The molecule has 1 aromatic carbocycles. The summed E-state index contributed by atoms with van der Waals surface area (Å²) < 4.78 is 9.58. The topological polar surface area (TPSA) is 175 Å². The van der Waals surface area contributed by atoms with Crippen LogP contribution in [0.25, 0.3) is 32.3 Å². The number of fused-ring (bicyclic) bond motifs is 1. The monoisotopic (exact) mass is 798 g/mol. The number of nitrogens with zero attached hydrogens (tertiary/aromatic N) is 4. The fraction of sp³-hybridized carbons (Fsp3) is 0.524. The van der Waals surface area contributed by atoms with Crippen molar-refractivity contribution in [3.8, 4) is 32.3 Å². The lowest BCUT2D eigenvalue weighted by Crippen LogP contribution is -2.51. The van der Waals surface area contributed by atoms with Gasteiger partial charge in [0.15, 0.2) is 0 Å². The number of aromatic nitrogens is 4. The van der Waals surface area contributed by atoms with E-state index >= 15 is 0 Å². The van der Waals surface area contributed by atoms with Gasteiger partial charge in [0.1, 0.15) is 23.7 Å². The Morgan fingerprint density at radius 2 is 1.14 bits per heavy atom. The largest absolute Gasteiger partial charge is 0.453 e. The van der Waals surface area contributed by atoms with E-state index in [0.717, 1.165) is 85.5 Å². The minimum Gasteiger partial charge on any atom is -0.453 e. The van der Waals surface area contributed by atoms with E-state index in [1.54, 1.807) is 11.3 Å². The molecule has 4 aromatic rings. The van der Waals surface area contributed by atoms with Crippen molar-refractivity contribution in [2.45, 2.75) is 103 Å². The van der Waals surface area contributed by atoms with Gasteiger partial charge in [-0.3, -0.25) is 9.59 Å². The zero-order chi connectivity index (χ0) is 40.4. The fourth-order valence-corrected chi connectivity index (χ4v) is 9.91. The smallest absolute Gasteiger partial charge is 0.407 e. The third kappa shape index (κ3) is 8.16. The third-order valence-electron chi connectivity index (χ3n) is 11.6. The summed E-state index contributed by atoms with van der Waals surface area (Å²) in [5.41, 5.74) is 6.77. The molecule has 4 amide bonds. The molecule has 3 aliphatic rings. The van der Waals surface area contributed by atoms with Crippen molar-refractivity contribution in [1.29, 1.82) is 0 Å². The fourth-order valence-electron chi connectivity index (χ4n) is 8.54. The maximum absolute atomic E-state index is 13.7. The number of rotatable bonds is 11. The van der Waals surface area contributed by atoms with Gasteiger partial charge in [0.2, 0.25) is 11.8 Å². The normalized spacial score (nSPS) is 19.1. The van der Waals surface area contributed by atoms with Crippen LogP contribution in [0.3, 0.4) is 0 Å². The molecule has 2 aliphatic heterocycles. The van der Waals surface area contributed by atoms with Crippen LogP contribution in [0.5, 0.6) is 0 Å². The summed E-state index contributed by atoms with van der Waals surface area (Å²) in [5.74, 6) is 1.04. The van der Waals surface area contributed by atoms with Crippen LogP contribution in [0, 0.1) is 11.8 Å². The van der Waals surface area contributed by atoms with Crippen LogP contribution in [0.1, 0.15) is 101 Å². The van der Waals surface area contributed by atoms with Crippen molar-refractivity contribution in [3.63, 3.8) is 0 Å². The van der Waals surface area contributed by atoms with E-state index in [1.165, 1.54) is 35.1 Å². The summed E-state index contributed by atoms with van der Waals surface area (Å²) in [4.78, 5) is 74.2. The SMILES string of the molecule is COC(=O)N[C@H](C(=O)N1CCC[C@H]1c1ncc(-c2ccc(-c3sc(-c4cnc([C@@H]5CCCN5C(=O)[C@@H](NC(=O)OC)C(C)C)[nH]4)c4c3CCCC4)cc2)[nH]1)C(C)C. The molecule has 1 aliphatic carbocycles. The number of likely N-dealkylation sites (tertiary alicyclic amines) is 2. The van der Waals surface area contributed by atoms with E-state index < -0.39 is 24.3 Å². The van der Waals surface area contributed by atoms with Gasteiger partial charge in [-0.15, -0.1) is 11.3 Å². The Kier molecular flexibility index (Phi) is 12.0. The second kappa shape index (κ2) is 17.1. The Morgan fingerprint density at radius 1 is 0.684 bits per heavy atom. The van der Waals surface area contributed by atoms with Gasteiger partial charge >= 0.3 is 12.2 Å². The maximum atomic E-state index is 13.7. The molecule has 7 rings (SSSR count). The molecule has 15 heteroatoms. The lowest BCUT2D eigenvalue weighted by Gasteiger charge is -2.30. The molecule has 2 fully saturated rings. The van der Waals surface area contributed by atoms with E-state index in [9.17, 15) is 19.2 Å². The Hall–Kier alpha value is -5.18. The molecule has 2 saturated heterocycles. The van der Waals surface area contributed by atoms with E-state index in [1.807, 2.05) is 49.9 Å². The molecular formula is C42H54N8O6S. The van der Waals surface area contributed by atoms with Crippen LogP contribution in [-0.4, -0.2) is 93.1 Å².